The van der Waals surface area contributed by atoms with Gasteiger partial charge < -0.3 is 28.5 Å². The van der Waals surface area contributed by atoms with Crippen molar-refractivity contribution in [2.45, 2.75) is 270 Å². The van der Waals surface area contributed by atoms with Gasteiger partial charge in [0.25, 0.3) is 6.29 Å². The molecule has 103 heavy (non-hydrogen) atoms. The Morgan fingerprint density at radius 1 is 0.291 bits per heavy atom. The molecule has 2 unspecified atom stereocenters. The third-order valence-electron chi connectivity index (χ3n) is 15.8. The highest BCUT2D eigenvalue weighted by Gasteiger charge is 2.25. The van der Waals surface area contributed by atoms with Gasteiger partial charge in [0.15, 0.2) is 6.10 Å². The number of quaternary nitrogens is 1. The molecule has 9 nitrogen and oxygen atoms in total. The Hall–Kier alpha value is -7.17. The number of aliphatic carboxylic acids is 1. The SMILES string of the molecule is CC/C=C\C/C=C\C/C=C\C/C=C\C/C=C\C/C=C\C/C=C\C/C=C\C/C=C\C/C=C\C/C=C\CCCCCCCC(=O)OC(COC(=O)CCCCCCCCCC/C=C\C/C=C\C/C=C\C/C=C\C/C=C\C/C=C\C/C=C\C/C=C\C/C=C\C/C=C\CC)COC(OCC[N+](C)(C)C)C(=O)O. The highest BCUT2D eigenvalue weighted by atomic mass is 16.7. The number of carbonyl (C=O) groups is 3. The number of carbonyl (C=O) groups excluding carboxylic acids is 2. The molecule has 572 valence electrons. The van der Waals surface area contributed by atoms with Gasteiger partial charge in [-0.3, -0.25) is 9.59 Å². The first-order valence-electron chi connectivity index (χ1n) is 39.8. The number of hydrogen-bond acceptors (Lipinski definition) is 7. The lowest BCUT2D eigenvalue weighted by Crippen LogP contribution is -2.40. The van der Waals surface area contributed by atoms with Gasteiger partial charge >= 0.3 is 17.9 Å². The van der Waals surface area contributed by atoms with Crippen LogP contribution in [0.2, 0.25) is 0 Å². The fourth-order valence-corrected chi connectivity index (χ4v) is 9.81. The molecule has 0 aromatic rings. The van der Waals surface area contributed by atoms with Crippen LogP contribution in [0.4, 0.5) is 0 Å². The number of nitrogens with zero attached hydrogens (tertiary/aromatic N) is 1. The van der Waals surface area contributed by atoms with E-state index in [1.165, 1.54) is 25.7 Å². The number of hydrogen-bond donors (Lipinski definition) is 1. The molecule has 0 aliphatic carbocycles. The molecule has 1 N–H and O–H groups in total. The van der Waals surface area contributed by atoms with Gasteiger partial charge in [0.1, 0.15) is 13.2 Å². The minimum absolute atomic E-state index is 0.168. The summed E-state index contributed by atoms with van der Waals surface area (Å²) in [6.07, 6.45) is 128. The average molecular weight is 1420 g/mol. The summed E-state index contributed by atoms with van der Waals surface area (Å²) in [6, 6.07) is 0. The van der Waals surface area contributed by atoms with Crippen LogP contribution in [0.1, 0.15) is 258 Å². The smallest absolute Gasteiger partial charge is 0.361 e. The first-order chi connectivity index (χ1) is 50.6. The first kappa shape index (κ1) is 95.8. The van der Waals surface area contributed by atoms with Gasteiger partial charge in [0.2, 0.25) is 0 Å². The number of ether oxygens (including phenoxy) is 4. The summed E-state index contributed by atoms with van der Waals surface area (Å²) >= 11 is 0. The van der Waals surface area contributed by atoms with Gasteiger partial charge in [-0.15, -0.1) is 0 Å². The average Bonchev–Trinajstić information content (AvgIpc) is 0.985. The van der Waals surface area contributed by atoms with E-state index >= 15 is 0 Å². The number of esters is 2. The molecule has 0 rings (SSSR count). The molecule has 0 spiro atoms. The Morgan fingerprint density at radius 2 is 0.524 bits per heavy atom. The molecule has 0 radical (unpaired) electrons. The van der Waals surface area contributed by atoms with E-state index in [4.69, 9.17) is 18.9 Å². The number of allylic oxidation sites excluding steroid dienone is 42. The second-order valence-electron chi connectivity index (χ2n) is 26.6. The Bertz CT molecular complexity index is 2660. The first-order valence-corrected chi connectivity index (χ1v) is 39.8. The van der Waals surface area contributed by atoms with Gasteiger partial charge in [0, 0.05) is 12.8 Å². The van der Waals surface area contributed by atoms with Crippen LogP contribution in [0.15, 0.2) is 255 Å². The van der Waals surface area contributed by atoms with Gasteiger partial charge in [-0.1, -0.05) is 327 Å². The fourth-order valence-electron chi connectivity index (χ4n) is 9.81. The van der Waals surface area contributed by atoms with E-state index in [1.807, 2.05) is 21.1 Å². The van der Waals surface area contributed by atoms with Crippen molar-refractivity contribution in [3.63, 3.8) is 0 Å². The molecule has 0 saturated heterocycles. The number of unbranched alkanes of at least 4 members (excludes halogenated alkanes) is 13. The lowest BCUT2D eigenvalue weighted by molar-refractivity contribution is -0.870. The molecule has 0 aliphatic heterocycles. The molecule has 0 fully saturated rings. The van der Waals surface area contributed by atoms with Gasteiger partial charge in [-0.25, -0.2) is 4.79 Å². The van der Waals surface area contributed by atoms with Crippen molar-refractivity contribution in [3.05, 3.63) is 255 Å². The molecule has 0 bridgehead atoms. The van der Waals surface area contributed by atoms with Crippen LogP contribution in [-0.4, -0.2) is 87.4 Å². The van der Waals surface area contributed by atoms with E-state index in [1.54, 1.807) is 0 Å². The van der Waals surface area contributed by atoms with Crippen LogP contribution in [0.3, 0.4) is 0 Å². The molecule has 0 aromatic carbocycles. The van der Waals surface area contributed by atoms with Crippen LogP contribution in [-0.2, 0) is 33.3 Å². The Kier molecular flexibility index (Phi) is 74.9. The number of carboxylic acids is 1. The zero-order valence-electron chi connectivity index (χ0n) is 65.4. The van der Waals surface area contributed by atoms with E-state index in [0.29, 0.717) is 17.4 Å². The molecular weight excluding hydrogens is 1270 g/mol. The van der Waals surface area contributed by atoms with Gasteiger partial charge in [0.05, 0.1) is 34.4 Å². The topological polar surface area (TPSA) is 108 Å². The van der Waals surface area contributed by atoms with E-state index < -0.39 is 24.3 Å². The quantitative estimate of drug-likeness (QED) is 0.0211. The summed E-state index contributed by atoms with van der Waals surface area (Å²) in [7, 11) is 5.95. The predicted molar refractivity (Wildman–Crippen MR) is 446 cm³/mol. The minimum Gasteiger partial charge on any atom is -0.477 e. The second kappa shape index (κ2) is 80.5. The normalized spacial score (nSPS) is 14.1. The summed E-state index contributed by atoms with van der Waals surface area (Å²) in [5.74, 6) is -2.07. The van der Waals surface area contributed by atoms with Crippen LogP contribution >= 0.6 is 0 Å². The second-order valence-corrected chi connectivity index (χ2v) is 26.6. The standard InChI is InChI=1S/C94H143NO8/c1-6-8-10-12-14-16-18-20-22-24-26-28-30-32-34-36-38-40-42-44-46-48-50-52-54-56-58-60-62-64-66-68-70-72-74-76-78-80-82-84-91(96)101-88-90(89-102-94(93(98)99)100-87-86-95(3,4)5)103-92(97)85-83-81-79-77-75-73-71-69-67-65-63-61-59-57-55-53-51-49-47-45-43-41-39-37-35-33-31-29-27-25-23-21-19-17-15-13-11-9-7-2/h8-11,14-17,20-23,26-29,32-35,38-41,44-47,50-53,56-59,62-65,69,71,90,94H,6-7,12-13,18-19,24-25,30-31,36-37,42-43,48-49,54-55,60-61,66-68,70,72-89H2,1-5H3/p+1/b10-8-,11-9-,16-14-,17-15-,22-20-,23-21-,28-26-,29-27-,34-32-,35-33-,40-38-,41-39-,46-44-,47-45-,52-50-,53-51-,58-56-,59-57-,64-62-,65-63-,71-69-. The zero-order valence-corrected chi connectivity index (χ0v) is 65.4. The molecule has 0 aromatic heterocycles. The Balaban J connectivity index is 4.24. The summed E-state index contributed by atoms with van der Waals surface area (Å²) in [4.78, 5) is 37.7. The van der Waals surface area contributed by atoms with Gasteiger partial charge in [-0.05, 0) is 173 Å². The van der Waals surface area contributed by atoms with Crippen molar-refractivity contribution in [1.29, 1.82) is 0 Å². The van der Waals surface area contributed by atoms with Crippen molar-refractivity contribution >= 4 is 17.9 Å². The highest BCUT2D eigenvalue weighted by Crippen LogP contribution is 2.14. The monoisotopic (exact) mass is 1420 g/mol. The third kappa shape index (κ3) is 82.0. The number of carboxylic acid groups (broad SMARTS) is 1. The summed E-state index contributed by atoms with van der Waals surface area (Å²) in [6.45, 7) is 4.58. The summed E-state index contributed by atoms with van der Waals surface area (Å²) in [5, 5.41) is 9.77. The van der Waals surface area contributed by atoms with E-state index in [2.05, 4.69) is 269 Å². The maximum absolute atomic E-state index is 13.0. The Morgan fingerprint density at radius 3 is 0.777 bits per heavy atom. The van der Waals surface area contributed by atoms with E-state index in [9.17, 15) is 19.5 Å². The molecule has 0 heterocycles. The molecule has 9 heteroatoms. The van der Waals surface area contributed by atoms with Crippen molar-refractivity contribution in [2.75, 3.05) is 47.5 Å². The number of rotatable bonds is 70. The summed E-state index contributed by atoms with van der Waals surface area (Å²) in [5.41, 5.74) is 0. The van der Waals surface area contributed by atoms with Crippen molar-refractivity contribution in [1.82, 2.24) is 0 Å². The van der Waals surface area contributed by atoms with Crippen molar-refractivity contribution in [3.8, 4) is 0 Å². The van der Waals surface area contributed by atoms with E-state index in [-0.39, 0.29) is 38.6 Å². The minimum atomic E-state index is -1.54. The van der Waals surface area contributed by atoms with Crippen LogP contribution in [0.5, 0.6) is 0 Å². The molecule has 2 atom stereocenters. The number of likely N-dealkylation sites (N-methyl/N-ethyl adjacent to an activating group) is 1. The van der Waals surface area contributed by atoms with Crippen molar-refractivity contribution < 1.29 is 42.9 Å². The van der Waals surface area contributed by atoms with Crippen LogP contribution in [0.25, 0.3) is 0 Å². The maximum atomic E-state index is 13.0. The molecule has 0 aliphatic rings. The van der Waals surface area contributed by atoms with Crippen LogP contribution < -0.4 is 0 Å². The Labute approximate surface area is 630 Å². The molecule has 0 amide bonds. The fraction of sp³-hybridized carbons (Fsp3) is 0.521. The lowest BCUT2D eigenvalue weighted by Gasteiger charge is -2.25. The lowest BCUT2D eigenvalue weighted by atomic mass is 10.1. The third-order valence-corrected chi connectivity index (χ3v) is 15.8. The van der Waals surface area contributed by atoms with Crippen molar-refractivity contribution in [2.24, 2.45) is 0 Å². The van der Waals surface area contributed by atoms with Crippen LogP contribution in [0, 0.1) is 0 Å². The summed E-state index contributed by atoms with van der Waals surface area (Å²) < 4.78 is 23.0. The predicted octanol–water partition coefficient (Wildman–Crippen LogP) is 26.1. The van der Waals surface area contributed by atoms with E-state index in [0.717, 1.165) is 199 Å². The largest absolute Gasteiger partial charge is 0.477 e. The molecule has 0 saturated carbocycles. The maximum Gasteiger partial charge on any atom is 0.361 e. The van der Waals surface area contributed by atoms with Gasteiger partial charge in [-0.2, -0.15) is 0 Å². The zero-order chi connectivity index (χ0) is 74.6. The molecular formula is C94H144NO8+. The highest BCUT2D eigenvalue weighted by molar-refractivity contribution is 5.71.